The number of nitrogens with two attached hydrogens (primary N) is 1. The van der Waals surface area contributed by atoms with Gasteiger partial charge in [0.1, 0.15) is 5.75 Å². The lowest BCUT2D eigenvalue weighted by atomic mass is 10.1. The third kappa shape index (κ3) is 2.53. The Hall–Kier alpha value is -1.91. The molecule has 0 unspecified atom stereocenters. The molecule has 3 aromatic rings. The molecular weight excluding hydrogens is 316 g/mol. The van der Waals surface area contributed by atoms with Gasteiger partial charge in [-0.3, -0.25) is 0 Å². The second-order valence-electron chi connectivity index (χ2n) is 4.40. The van der Waals surface area contributed by atoms with Crippen LogP contribution in [0.3, 0.4) is 0 Å². The van der Waals surface area contributed by atoms with E-state index in [1.165, 1.54) is 0 Å². The van der Waals surface area contributed by atoms with E-state index in [2.05, 4.69) is 20.9 Å². The second kappa shape index (κ2) is 5.61. The Balaban J connectivity index is 2.05. The zero-order chi connectivity index (χ0) is 13.9. The molecular formula is C16H13BrN2O. The highest BCUT2D eigenvalue weighted by atomic mass is 79.9. The first kappa shape index (κ1) is 13.1. The molecule has 100 valence electrons. The normalized spacial score (nSPS) is 10.7. The minimum absolute atomic E-state index is 0.416. The van der Waals surface area contributed by atoms with E-state index in [1.807, 2.05) is 48.5 Å². The maximum absolute atomic E-state index is 5.96. The number of nitrogens with zero attached hydrogens (tertiary/aromatic N) is 1. The zero-order valence-electron chi connectivity index (χ0n) is 10.7. The van der Waals surface area contributed by atoms with Gasteiger partial charge in [0.05, 0.1) is 0 Å². The molecule has 0 amide bonds. The fourth-order valence-corrected chi connectivity index (χ4v) is 2.49. The Morgan fingerprint density at radius 1 is 1.10 bits per heavy atom. The summed E-state index contributed by atoms with van der Waals surface area (Å²) in [5.41, 5.74) is 6.70. The molecule has 0 fully saturated rings. The summed E-state index contributed by atoms with van der Waals surface area (Å²) in [5, 5.41) is 2.09. The standard InChI is InChI=1S/C16H13BrN2O/c17-13-5-6-15(12(9-13)10-18)20-16-14-4-2-1-3-11(14)7-8-19-16/h1-9H,10,18H2. The van der Waals surface area contributed by atoms with Crippen LogP contribution in [0.5, 0.6) is 11.6 Å². The van der Waals surface area contributed by atoms with E-state index in [4.69, 9.17) is 10.5 Å². The first-order valence-corrected chi connectivity index (χ1v) is 7.07. The SMILES string of the molecule is NCc1cc(Br)ccc1Oc1nccc2ccccc12. The monoisotopic (exact) mass is 328 g/mol. The smallest absolute Gasteiger partial charge is 0.227 e. The highest BCUT2D eigenvalue weighted by Gasteiger charge is 2.08. The summed E-state index contributed by atoms with van der Waals surface area (Å²) in [7, 11) is 0. The highest BCUT2D eigenvalue weighted by Crippen LogP contribution is 2.30. The first-order chi connectivity index (χ1) is 9.78. The van der Waals surface area contributed by atoms with Crippen LogP contribution < -0.4 is 10.5 Å². The van der Waals surface area contributed by atoms with Gasteiger partial charge in [-0.05, 0) is 35.7 Å². The molecule has 0 aliphatic rings. The second-order valence-corrected chi connectivity index (χ2v) is 5.31. The molecule has 3 nitrogen and oxygen atoms in total. The van der Waals surface area contributed by atoms with Crippen LogP contribution in [0, 0.1) is 0 Å². The molecule has 0 aliphatic heterocycles. The fourth-order valence-electron chi connectivity index (χ4n) is 2.08. The molecule has 3 rings (SSSR count). The van der Waals surface area contributed by atoms with Gasteiger partial charge in [0.25, 0.3) is 0 Å². The summed E-state index contributed by atoms with van der Waals surface area (Å²) in [4.78, 5) is 4.33. The summed E-state index contributed by atoms with van der Waals surface area (Å²) < 4.78 is 6.94. The maximum atomic E-state index is 5.96. The van der Waals surface area contributed by atoms with Crippen LogP contribution in [0.15, 0.2) is 59.2 Å². The minimum atomic E-state index is 0.416. The number of ether oxygens (including phenoxy) is 1. The largest absolute Gasteiger partial charge is 0.438 e. The van der Waals surface area contributed by atoms with Gasteiger partial charge in [-0.15, -0.1) is 0 Å². The van der Waals surface area contributed by atoms with Gasteiger partial charge in [-0.25, -0.2) is 4.98 Å². The number of rotatable bonds is 3. The molecule has 2 aromatic carbocycles. The number of hydrogen-bond acceptors (Lipinski definition) is 3. The van der Waals surface area contributed by atoms with Crippen LogP contribution in [0.4, 0.5) is 0 Å². The molecule has 1 aromatic heterocycles. The number of pyridine rings is 1. The Labute approximate surface area is 125 Å². The van der Waals surface area contributed by atoms with E-state index in [1.54, 1.807) is 6.20 Å². The maximum Gasteiger partial charge on any atom is 0.227 e. The number of hydrogen-bond donors (Lipinski definition) is 1. The van der Waals surface area contributed by atoms with Crippen LogP contribution in [0.1, 0.15) is 5.56 Å². The van der Waals surface area contributed by atoms with Crippen LogP contribution >= 0.6 is 15.9 Å². The summed E-state index contributed by atoms with van der Waals surface area (Å²) >= 11 is 3.44. The summed E-state index contributed by atoms with van der Waals surface area (Å²) in [5.74, 6) is 1.33. The quantitative estimate of drug-likeness (QED) is 0.781. The van der Waals surface area contributed by atoms with E-state index < -0.39 is 0 Å². The lowest BCUT2D eigenvalue weighted by molar-refractivity contribution is 0.463. The van der Waals surface area contributed by atoms with Gasteiger partial charge >= 0.3 is 0 Å². The van der Waals surface area contributed by atoms with Crippen LogP contribution in [-0.2, 0) is 6.54 Å². The minimum Gasteiger partial charge on any atom is -0.438 e. The van der Waals surface area contributed by atoms with Crippen molar-refractivity contribution in [3.8, 4) is 11.6 Å². The molecule has 20 heavy (non-hydrogen) atoms. The van der Waals surface area contributed by atoms with E-state index in [0.717, 1.165) is 26.6 Å². The molecule has 0 spiro atoms. The van der Waals surface area contributed by atoms with Crippen LogP contribution in [0.2, 0.25) is 0 Å². The van der Waals surface area contributed by atoms with Crippen molar-refractivity contribution in [3.63, 3.8) is 0 Å². The topological polar surface area (TPSA) is 48.1 Å². The van der Waals surface area contributed by atoms with Crippen molar-refractivity contribution in [1.82, 2.24) is 4.98 Å². The summed E-state index contributed by atoms with van der Waals surface area (Å²) in [6, 6.07) is 15.8. The van der Waals surface area contributed by atoms with Crippen molar-refractivity contribution < 1.29 is 4.74 Å². The zero-order valence-corrected chi connectivity index (χ0v) is 12.3. The molecule has 0 bridgehead atoms. The van der Waals surface area contributed by atoms with Crippen molar-refractivity contribution in [2.75, 3.05) is 0 Å². The van der Waals surface area contributed by atoms with Gasteiger partial charge in [0.2, 0.25) is 5.88 Å². The predicted molar refractivity (Wildman–Crippen MR) is 83.9 cm³/mol. The number of halogens is 1. The Morgan fingerprint density at radius 2 is 1.95 bits per heavy atom. The van der Waals surface area contributed by atoms with E-state index in [-0.39, 0.29) is 0 Å². The van der Waals surface area contributed by atoms with Crippen molar-refractivity contribution in [3.05, 3.63) is 64.8 Å². The fraction of sp³-hybridized carbons (Fsp3) is 0.0625. The molecule has 2 N–H and O–H groups in total. The van der Waals surface area contributed by atoms with Crippen LogP contribution in [-0.4, -0.2) is 4.98 Å². The Bertz CT molecular complexity index is 753. The van der Waals surface area contributed by atoms with Gasteiger partial charge in [0.15, 0.2) is 0 Å². The molecule has 0 aliphatic carbocycles. The average Bonchev–Trinajstić information content (AvgIpc) is 2.49. The van der Waals surface area contributed by atoms with Gasteiger partial charge in [-0.2, -0.15) is 0 Å². The van der Waals surface area contributed by atoms with E-state index in [0.29, 0.717) is 12.4 Å². The average molecular weight is 329 g/mol. The van der Waals surface area contributed by atoms with Crippen molar-refractivity contribution >= 4 is 26.7 Å². The van der Waals surface area contributed by atoms with Crippen molar-refractivity contribution in [2.45, 2.75) is 6.54 Å². The molecule has 1 heterocycles. The van der Waals surface area contributed by atoms with Crippen LogP contribution in [0.25, 0.3) is 10.8 Å². The van der Waals surface area contributed by atoms with Gasteiger partial charge in [-0.1, -0.05) is 34.1 Å². The molecule has 0 saturated heterocycles. The van der Waals surface area contributed by atoms with Gasteiger partial charge < -0.3 is 10.5 Å². The van der Waals surface area contributed by atoms with E-state index >= 15 is 0 Å². The lowest BCUT2D eigenvalue weighted by Crippen LogP contribution is -2.00. The van der Waals surface area contributed by atoms with Crippen molar-refractivity contribution in [2.24, 2.45) is 5.73 Å². The van der Waals surface area contributed by atoms with E-state index in [9.17, 15) is 0 Å². The summed E-state index contributed by atoms with van der Waals surface area (Å²) in [6.45, 7) is 0.416. The predicted octanol–water partition coefficient (Wildman–Crippen LogP) is 4.25. The number of benzene rings is 2. The Kier molecular flexibility index (Phi) is 3.67. The number of aromatic nitrogens is 1. The first-order valence-electron chi connectivity index (χ1n) is 6.28. The molecule has 0 saturated carbocycles. The lowest BCUT2D eigenvalue weighted by Gasteiger charge is -2.11. The molecule has 0 atom stereocenters. The summed E-state index contributed by atoms with van der Waals surface area (Å²) in [6.07, 6.45) is 1.75. The Morgan fingerprint density at radius 3 is 2.80 bits per heavy atom. The van der Waals surface area contributed by atoms with Crippen molar-refractivity contribution in [1.29, 1.82) is 0 Å². The third-order valence-corrected chi connectivity index (χ3v) is 3.58. The van der Waals surface area contributed by atoms with Gasteiger partial charge in [0, 0.05) is 28.2 Å². The molecule has 4 heteroatoms. The highest BCUT2D eigenvalue weighted by molar-refractivity contribution is 9.10. The number of fused-ring (bicyclic) bond motifs is 1. The molecule has 0 radical (unpaired) electrons. The third-order valence-electron chi connectivity index (χ3n) is 3.09.